The Morgan fingerprint density at radius 3 is 1.50 bits per heavy atom. The maximum absolute atomic E-state index is 8.60. The van der Waals surface area contributed by atoms with Crippen molar-refractivity contribution in [3.05, 3.63) is 0 Å². The normalized spacial score (nSPS) is 6.70. The van der Waals surface area contributed by atoms with E-state index >= 15 is 0 Å². The fraction of sp³-hybridized carbons (Fsp3) is 0. The summed E-state index contributed by atoms with van der Waals surface area (Å²) in [5.74, 6) is 1.25. The minimum absolute atomic E-state index is 0. The van der Waals surface area contributed by atoms with Gasteiger partial charge in [0, 0.05) is 0 Å². The Morgan fingerprint density at radius 2 is 1.50 bits per heavy atom. The van der Waals surface area contributed by atoms with E-state index < -0.39 is 10.2 Å². The van der Waals surface area contributed by atoms with E-state index in [0.29, 0.717) is 0 Å². The molecule has 0 bridgehead atoms. The van der Waals surface area contributed by atoms with E-state index in [4.69, 9.17) is 23.9 Å². The summed E-state index contributed by atoms with van der Waals surface area (Å²) in [4.78, 5) is 0. The first-order valence-corrected chi connectivity index (χ1v) is 2.41. The van der Waals surface area contributed by atoms with Crippen molar-refractivity contribution >= 4 is 30.9 Å². The van der Waals surface area contributed by atoms with Gasteiger partial charge in [0.15, 0.2) is 0 Å². The molecule has 0 rings (SSSR count). The minimum Gasteiger partial charge on any atom is -1.00 e. The van der Waals surface area contributed by atoms with Gasteiger partial charge in [-0.2, -0.15) is 14.0 Å². The Labute approximate surface area is 104 Å². The van der Waals surface area contributed by atoms with E-state index in [1.807, 2.05) is 0 Å². The quantitative estimate of drug-likeness (QED) is 0.379. The van der Waals surface area contributed by atoms with Crippen molar-refractivity contribution in [1.82, 2.24) is 0 Å². The molecule has 0 aromatic heterocycles. The Hall–Kier alpha value is 1.45. The molecule has 0 saturated carbocycles. The fourth-order valence-corrected chi connectivity index (χ4v) is 0. The molecule has 0 aliphatic heterocycles. The zero-order chi connectivity index (χ0) is 7.21. The van der Waals surface area contributed by atoms with Crippen LogP contribution in [0.5, 0.6) is 0 Å². The van der Waals surface area contributed by atoms with Gasteiger partial charge in [-0.15, -0.1) is 0 Å². The van der Waals surface area contributed by atoms with Crippen LogP contribution in [-0.2, 0) is 0 Å². The maximum Gasteiger partial charge on any atom is 2.00 e. The zero-order valence-electron chi connectivity index (χ0n) is 8.28. The fourth-order valence-electron chi connectivity index (χ4n) is 0. The second kappa shape index (κ2) is 13.1. The summed E-state index contributed by atoms with van der Waals surface area (Å²) in [6.07, 6.45) is 0. The van der Waals surface area contributed by atoms with E-state index in [0.717, 1.165) is 0 Å². The van der Waals surface area contributed by atoms with Crippen LogP contribution in [0.3, 0.4) is 0 Å². The Morgan fingerprint density at radius 1 is 1.50 bits per heavy atom. The number of hydrogen-bond acceptors (Lipinski definition) is 5. The van der Waals surface area contributed by atoms with Gasteiger partial charge in [-0.25, -0.2) is 5.26 Å². The molecule has 0 amide bonds. The Bertz CT molecular complexity index is 96.4. The standard InChI is InChI=1S/CBN.ClHO4.Mg.Na.3H/c2-1-3;2-1(3,4)5;;;;;/h;(H,2,3,4,5);;;;;/q;;+2;+1;3*-1. The molecule has 9 heteroatoms. The van der Waals surface area contributed by atoms with Gasteiger partial charge in [-0.1, -0.05) is 0 Å². The second-order valence-electron chi connectivity index (χ2n) is 0.525. The van der Waals surface area contributed by atoms with Crippen molar-refractivity contribution in [2.45, 2.75) is 0 Å². The van der Waals surface area contributed by atoms with Gasteiger partial charge in [0.1, 0.15) is 0 Å². The second-order valence-corrected chi connectivity index (χ2v) is 1.32. The van der Waals surface area contributed by atoms with Crippen LogP contribution < -0.4 is 43.5 Å². The molecule has 0 heterocycles. The molecule has 2 radical (unpaired) electrons. The number of nitrogens with zero attached hydrogens (tertiary/aromatic N) is 1. The summed E-state index contributed by atoms with van der Waals surface area (Å²) in [6.45, 7) is 0. The van der Waals surface area contributed by atoms with Crippen molar-refractivity contribution in [2.75, 3.05) is 0 Å². The van der Waals surface area contributed by atoms with Crippen molar-refractivity contribution in [3.63, 3.8) is 0 Å². The predicted octanol–water partition coefficient (Wildman–Crippen LogP) is -7.53. The monoisotopic (exact) mass is 187 g/mol. The molecule has 0 spiro atoms. The molecular formula is CH4BClMgNNaO4. The molecule has 0 aliphatic rings. The van der Waals surface area contributed by atoms with E-state index in [9.17, 15) is 0 Å². The molecule has 0 unspecified atom stereocenters. The van der Waals surface area contributed by atoms with Crippen LogP contribution in [0.4, 0.5) is 0 Å². The first kappa shape index (κ1) is 22.5. The van der Waals surface area contributed by atoms with Crippen molar-refractivity contribution in [3.8, 4) is 5.97 Å². The first-order valence-electron chi connectivity index (χ1n) is 1.14. The minimum atomic E-state index is -4.69. The number of nitriles is 1. The summed E-state index contributed by atoms with van der Waals surface area (Å²) < 4.78 is 32.7. The summed E-state index contributed by atoms with van der Waals surface area (Å²) in [7, 11) is -0.542. The van der Waals surface area contributed by atoms with E-state index in [1.54, 1.807) is 0 Å². The van der Waals surface area contributed by atoms with Crippen LogP contribution in [0.15, 0.2) is 0 Å². The van der Waals surface area contributed by atoms with Crippen molar-refractivity contribution in [1.29, 1.82) is 5.26 Å². The van der Waals surface area contributed by atoms with Gasteiger partial charge < -0.3 is 4.28 Å². The Balaban J connectivity index is -0.00000000840. The maximum atomic E-state index is 8.60. The van der Waals surface area contributed by atoms with Crippen LogP contribution >= 0.6 is 0 Å². The molecule has 0 aromatic carbocycles. The van der Waals surface area contributed by atoms with Crippen LogP contribution in [0, 0.1) is 21.5 Å². The molecule has 0 aromatic rings. The van der Waals surface area contributed by atoms with Gasteiger partial charge in [0.05, 0.1) is 14.9 Å². The van der Waals surface area contributed by atoms with E-state index in [2.05, 4.69) is 7.85 Å². The zero-order valence-corrected chi connectivity index (χ0v) is 9.45. The first-order chi connectivity index (χ1) is 3.41. The van der Waals surface area contributed by atoms with Gasteiger partial charge >= 0.3 is 52.6 Å². The summed E-state index contributed by atoms with van der Waals surface area (Å²) in [5.41, 5.74) is 0. The summed E-state index contributed by atoms with van der Waals surface area (Å²) in [6, 6.07) is 0. The molecule has 1 N–H and O–H groups in total. The molecule has 0 atom stereocenters. The van der Waals surface area contributed by atoms with Gasteiger partial charge in [-0.05, 0) is 5.97 Å². The smallest absolute Gasteiger partial charge is 1.00 e. The van der Waals surface area contributed by atoms with Crippen LogP contribution in [0.25, 0.3) is 0 Å². The molecule has 5 nitrogen and oxygen atoms in total. The number of halogens is 1. The molecular weight excluding hydrogens is 184 g/mol. The number of rotatable bonds is 0. The Kier molecular flexibility index (Phi) is 29.4. The SMILES string of the molecule is [B]C#N.[H-].[H-].[H-].[Mg+2].[Na+].[O-][Cl+3]([O-])([O-])O. The van der Waals surface area contributed by atoms with Crippen LogP contribution in [0.1, 0.15) is 4.28 Å². The van der Waals surface area contributed by atoms with Gasteiger partial charge in [0.25, 0.3) is 0 Å². The molecule has 10 heavy (non-hydrogen) atoms. The molecule has 0 fully saturated rings. The van der Waals surface area contributed by atoms with Crippen LogP contribution in [-0.4, -0.2) is 35.6 Å². The van der Waals surface area contributed by atoms with E-state index in [1.165, 1.54) is 5.97 Å². The number of hydrogen-bond donors (Lipinski definition) is 1. The van der Waals surface area contributed by atoms with Crippen molar-refractivity contribution in [2.24, 2.45) is 0 Å². The molecule has 0 saturated heterocycles. The predicted molar refractivity (Wildman–Crippen MR) is 22.7 cm³/mol. The topological polar surface area (TPSA) is 113 Å². The largest absolute Gasteiger partial charge is 2.00 e. The van der Waals surface area contributed by atoms with Gasteiger partial charge in [0.2, 0.25) is 7.85 Å². The third-order valence-corrected chi connectivity index (χ3v) is 0. The summed E-state index contributed by atoms with van der Waals surface area (Å²) in [5, 5.41) is 7.10. The third-order valence-electron chi connectivity index (χ3n) is 0. The average Bonchev–Trinajstić information content (AvgIpc) is 1.27. The van der Waals surface area contributed by atoms with E-state index in [-0.39, 0.29) is 56.9 Å². The van der Waals surface area contributed by atoms with Crippen LogP contribution in [0.2, 0.25) is 0 Å². The molecule has 0 aliphatic carbocycles. The van der Waals surface area contributed by atoms with Gasteiger partial charge in [-0.3, -0.25) is 0 Å². The summed E-state index contributed by atoms with van der Waals surface area (Å²) >= 11 is 0. The average molecular weight is 188 g/mol. The third kappa shape index (κ3) is 321. The van der Waals surface area contributed by atoms with Crippen molar-refractivity contribution < 1.29 is 62.7 Å². The molecule has 50 valence electrons.